The average molecular weight is 489 g/mol. The number of hydrogen-bond donors (Lipinski definition) is 5. The molecule has 1 rings (SSSR count). The van der Waals surface area contributed by atoms with Crippen molar-refractivity contribution in [1.82, 2.24) is 5.32 Å². The Balaban J connectivity index is 0.000000900. The quantitative estimate of drug-likeness (QED) is 0.150. The second-order valence-corrected chi connectivity index (χ2v) is 10.3. The van der Waals surface area contributed by atoms with Crippen LogP contribution in [-0.4, -0.2) is 26.1 Å². The van der Waals surface area contributed by atoms with E-state index in [2.05, 4.69) is 85.9 Å². The highest BCUT2D eigenvalue weighted by molar-refractivity contribution is 7.60. The molecule has 0 bridgehead atoms. The Morgan fingerprint density at radius 1 is 0.844 bits per heavy atom. The lowest BCUT2D eigenvalue weighted by molar-refractivity contribution is 0.225. The van der Waals surface area contributed by atoms with E-state index in [4.69, 9.17) is 19.6 Å². The maximum absolute atomic E-state index is 9.63. The van der Waals surface area contributed by atoms with Crippen molar-refractivity contribution in [2.75, 3.05) is 6.54 Å². The van der Waals surface area contributed by atoms with Crippen molar-refractivity contribution in [3.05, 3.63) is 70.8 Å². The highest BCUT2D eigenvalue weighted by Gasteiger charge is 2.27. The van der Waals surface area contributed by atoms with Gasteiger partial charge in [-0.3, -0.25) is 0 Å². The lowest BCUT2D eigenvalue weighted by Gasteiger charge is -2.04. The zero-order valence-corrected chi connectivity index (χ0v) is 21.1. The molecule has 8 nitrogen and oxygen atoms in total. The van der Waals surface area contributed by atoms with Crippen LogP contribution in [-0.2, 0) is 20.0 Å². The molecule has 0 spiro atoms. The first kappa shape index (κ1) is 30.7. The van der Waals surface area contributed by atoms with Gasteiger partial charge in [-0.2, -0.15) is 4.31 Å². The predicted octanol–water partition coefficient (Wildman–Crippen LogP) is 5.38. The van der Waals surface area contributed by atoms with Crippen LogP contribution in [0.4, 0.5) is 0 Å². The summed E-state index contributed by atoms with van der Waals surface area (Å²) in [4.78, 5) is 31.0. The molecule has 0 unspecified atom stereocenters. The Hall–Kier alpha value is -1.34. The maximum atomic E-state index is 9.63. The summed E-state index contributed by atoms with van der Waals surface area (Å²) in [6.07, 6.45) is 11.7. The Labute approximate surface area is 191 Å². The van der Waals surface area contributed by atoms with E-state index in [-0.39, 0.29) is 0 Å². The summed E-state index contributed by atoms with van der Waals surface area (Å²) >= 11 is 0. The van der Waals surface area contributed by atoms with Gasteiger partial charge in [-0.15, -0.1) is 0 Å². The largest absolute Gasteiger partial charge is 0.478 e. The number of allylic oxidation sites excluding steroid dienone is 5. The van der Waals surface area contributed by atoms with Gasteiger partial charge in [0.1, 0.15) is 0 Å². The number of rotatable bonds is 12. The molecule has 0 heterocycles. The molecule has 0 aliphatic carbocycles. The van der Waals surface area contributed by atoms with Gasteiger partial charge in [0.25, 0.3) is 0 Å². The van der Waals surface area contributed by atoms with Crippen molar-refractivity contribution in [2.24, 2.45) is 0 Å². The zero-order chi connectivity index (χ0) is 24.6. The monoisotopic (exact) mass is 489 g/mol. The molecular weight excluding hydrogens is 452 g/mol. The number of hydrogen-bond acceptors (Lipinski definition) is 4. The Morgan fingerprint density at radius 2 is 1.34 bits per heavy atom. The SMILES string of the molecule is CC(C)=CCC/C(C)=C/CC/C(C)=C/CNCc1ccccc1.O=P(O)(O)OP(=O)(O)O. The van der Waals surface area contributed by atoms with Crippen molar-refractivity contribution < 1.29 is 33.0 Å². The molecule has 0 amide bonds. The molecule has 0 fully saturated rings. The molecule has 10 heteroatoms. The molecule has 32 heavy (non-hydrogen) atoms. The summed E-state index contributed by atoms with van der Waals surface area (Å²) in [6.45, 7) is 10.7. The third-order valence-corrected chi connectivity index (χ3v) is 5.80. The van der Waals surface area contributed by atoms with Crippen molar-refractivity contribution in [3.8, 4) is 0 Å². The Kier molecular flexibility index (Phi) is 15.6. The van der Waals surface area contributed by atoms with Gasteiger partial charge in [-0.1, -0.05) is 65.3 Å². The Morgan fingerprint density at radius 3 is 1.81 bits per heavy atom. The third-order valence-electron chi connectivity index (χ3n) is 4.10. The van der Waals surface area contributed by atoms with Crippen molar-refractivity contribution >= 4 is 15.6 Å². The fourth-order valence-electron chi connectivity index (χ4n) is 2.54. The highest BCUT2D eigenvalue weighted by Crippen LogP contribution is 2.53. The minimum Gasteiger partial charge on any atom is -0.309 e. The smallest absolute Gasteiger partial charge is 0.309 e. The van der Waals surface area contributed by atoms with E-state index in [0.29, 0.717) is 0 Å². The van der Waals surface area contributed by atoms with Crippen LogP contribution in [0.1, 0.15) is 58.9 Å². The topological polar surface area (TPSA) is 136 Å². The number of nitrogens with one attached hydrogen (secondary N) is 1. The standard InChI is InChI=1S/C22H33N.H4O7P2/c1-19(2)10-8-11-20(3)12-9-13-21(4)16-17-23-18-22-14-6-5-7-15-22;1-8(2,3)7-9(4,5)6/h5-7,10,12,14-16,23H,8-9,11,13,17-18H2,1-4H3;(H2,1,2,3)(H2,4,5,6)/b20-12+,21-16+;. The van der Waals surface area contributed by atoms with E-state index < -0.39 is 15.6 Å². The molecule has 0 aromatic heterocycles. The van der Waals surface area contributed by atoms with E-state index in [9.17, 15) is 9.13 Å². The fraction of sp³-hybridized carbons (Fsp3) is 0.455. The van der Waals surface area contributed by atoms with Gasteiger partial charge in [0.05, 0.1) is 0 Å². The van der Waals surface area contributed by atoms with Crippen LogP contribution >= 0.6 is 15.6 Å². The molecule has 0 saturated heterocycles. The lowest BCUT2D eigenvalue weighted by atomic mass is 10.1. The highest BCUT2D eigenvalue weighted by atomic mass is 31.3. The summed E-state index contributed by atoms with van der Waals surface area (Å²) in [5.74, 6) is 0. The van der Waals surface area contributed by atoms with Crippen molar-refractivity contribution in [2.45, 2.75) is 59.9 Å². The van der Waals surface area contributed by atoms with Gasteiger partial charge in [-0.05, 0) is 58.9 Å². The molecule has 0 aliphatic rings. The van der Waals surface area contributed by atoms with Gasteiger partial charge < -0.3 is 24.9 Å². The first-order valence-corrected chi connectivity index (χ1v) is 13.4. The van der Waals surface area contributed by atoms with Crippen LogP contribution < -0.4 is 5.32 Å². The van der Waals surface area contributed by atoms with Crippen LogP contribution in [0.5, 0.6) is 0 Å². The minimum atomic E-state index is -5.05. The van der Waals surface area contributed by atoms with Crippen molar-refractivity contribution in [3.63, 3.8) is 0 Å². The van der Waals surface area contributed by atoms with Crippen LogP contribution in [0, 0.1) is 0 Å². The molecule has 1 aromatic rings. The maximum Gasteiger partial charge on any atom is 0.478 e. The van der Waals surface area contributed by atoms with Crippen molar-refractivity contribution in [1.29, 1.82) is 0 Å². The molecule has 0 radical (unpaired) electrons. The van der Waals surface area contributed by atoms with Crippen LogP contribution in [0.2, 0.25) is 0 Å². The fourth-order valence-corrected chi connectivity index (χ4v) is 3.64. The second-order valence-electron chi connectivity index (χ2n) is 7.64. The summed E-state index contributed by atoms with van der Waals surface area (Å²) < 4.78 is 22.2. The van der Waals surface area contributed by atoms with Gasteiger partial charge in [-0.25, -0.2) is 9.13 Å². The molecule has 0 atom stereocenters. The summed E-state index contributed by atoms with van der Waals surface area (Å²) in [6, 6.07) is 10.6. The van der Waals surface area contributed by atoms with Crippen LogP contribution in [0.3, 0.4) is 0 Å². The molecule has 182 valence electrons. The number of benzene rings is 1. The van der Waals surface area contributed by atoms with Gasteiger partial charge >= 0.3 is 15.6 Å². The van der Waals surface area contributed by atoms with Gasteiger partial charge in [0.15, 0.2) is 0 Å². The summed E-state index contributed by atoms with van der Waals surface area (Å²) in [7, 11) is -10.1. The van der Waals surface area contributed by atoms with E-state index in [1.165, 1.54) is 35.1 Å². The van der Waals surface area contributed by atoms with E-state index in [1.807, 2.05) is 0 Å². The molecule has 0 aliphatic heterocycles. The van der Waals surface area contributed by atoms with E-state index >= 15 is 0 Å². The second kappa shape index (κ2) is 16.3. The molecule has 5 N–H and O–H groups in total. The summed E-state index contributed by atoms with van der Waals surface area (Å²) in [5, 5.41) is 3.47. The summed E-state index contributed by atoms with van der Waals surface area (Å²) in [5.41, 5.74) is 5.74. The predicted molar refractivity (Wildman–Crippen MR) is 129 cm³/mol. The molecule has 0 saturated carbocycles. The lowest BCUT2D eigenvalue weighted by Crippen LogP contribution is -2.13. The van der Waals surface area contributed by atoms with Crippen LogP contribution in [0.15, 0.2) is 65.3 Å². The van der Waals surface area contributed by atoms with Gasteiger partial charge in [0.2, 0.25) is 0 Å². The van der Waals surface area contributed by atoms with Crippen LogP contribution in [0.25, 0.3) is 0 Å². The first-order valence-electron chi connectivity index (χ1n) is 10.3. The third kappa shape index (κ3) is 21.9. The Bertz CT molecular complexity index is 815. The molecular formula is C22H37NO7P2. The minimum absolute atomic E-state index is 0.938. The zero-order valence-electron chi connectivity index (χ0n) is 19.3. The van der Waals surface area contributed by atoms with Gasteiger partial charge in [0, 0.05) is 13.1 Å². The molecule has 1 aromatic carbocycles. The van der Waals surface area contributed by atoms with E-state index in [1.54, 1.807) is 0 Å². The normalized spacial score (nSPS) is 12.8. The van der Waals surface area contributed by atoms with E-state index in [0.717, 1.165) is 25.9 Å². The first-order chi connectivity index (χ1) is 14.8. The number of phosphoric acid groups is 2. The average Bonchev–Trinajstić information content (AvgIpc) is 2.63.